The number of anilines is 3. The molecule has 0 bridgehead atoms. The molecule has 94 valence electrons. The number of rotatable bonds is 3. The van der Waals surface area contributed by atoms with E-state index in [1.54, 1.807) is 0 Å². The van der Waals surface area contributed by atoms with Gasteiger partial charge >= 0.3 is 0 Å². The zero-order valence-corrected chi connectivity index (χ0v) is 10.2. The maximum Gasteiger partial charge on any atom is 0.224 e. The van der Waals surface area contributed by atoms with Gasteiger partial charge in [0.1, 0.15) is 11.6 Å². The van der Waals surface area contributed by atoms with Gasteiger partial charge in [-0.3, -0.25) is 0 Å². The van der Waals surface area contributed by atoms with Crippen LogP contribution in [0.15, 0.2) is 18.3 Å². The maximum atomic E-state index is 4.51. The van der Waals surface area contributed by atoms with Gasteiger partial charge in [-0.25, -0.2) is 4.98 Å². The van der Waals surface area contributed by atoms with E-state index in [0.717, 1.165) is 42.4 Å². The lowest BCUT2D eigenvalue weighted by molar-refractivity contribution is 0.628. The molecule has 6 nitrogen and oxygen atoms in total. The fourth-order valence-electron chi connectivity index (χ4n) is 2.09. The average molecular weight is 244 g/mol. The van der Waals surface area contributed by atoms with E-state index in [2.05, 4.69) is 30.9 Å². The average Bonchev–Trinajstić information content (AvgIpc) is 2.91. The summed E-state index contributed by atoms with van der Waals surface area (Å²) in [6.07, 6.45) is 2.82. The van der Waals surface area contributed by atoms with E-state index < -0.39 is 0 Å². The molecule has 2 aromatic rings. The summed E-state index contributed by atoms with van der Waals surface area (Å²) < 4.78 is 0. The topological polar surface area (TPSA) is 77.7 Å². The van der Waals surface area contributed by atoms with Crippen LogP contribution in [0.3, 0.4) is 0 Å². The summed E-state index contributed by atoms with van der Waals surface area (Å²) in [5.41, 5.74) is 2.26. The molecule has 0 aromatic carbocycles. The van der Waals surface area contributed by atoms with Gasteiger partial charge in [-0.15, -0.1) is 0 Å². The van der Waals surface area contributed by atoms with Gasteiger partial charge in [-0.2, -0.15) is 4.98 Å². The van der Waals surface area contributed by atoms with E-state index in [0.29, 0.717) is 5.95 Å². The van der Waals surface area contributed by atoms with E-state index in [-0.39, 0.29) is 0 Å². The Bertz CT molecular complexity index is 534. The molecule has 0 radical (unpaired) electrons. The molecule has 0 saturated heterocycles. The molecular formula is C12H16N6. The fourth-order valence-corrected chi connectivity index (χ4v) is 2.09. The molecule has 3 rings (SSSR count). The Morgan fingerprint density at radius 1 is 1.33 bits per heavy atom. The number of aromatic amines is 1. The van der Waals surface area contributed by atoms with Crippen LogP contribution in [0.5, 0.6) is 0 Å². The Hall–Kier alpha value is -2.08. The van der Waals surface area contributed by atoms with Crippen molar-refractivity contribution in [2.45, 2.75) is 13.0 Å². The van der Waals surface area contributed by atoms with E-state index in [4.69, 9.17) is 0 Å². The van der Waals surface area contributed by atoms with E-state index in [9.17, 15) is 0 Å². The summed E-state index contributed by atoms with van der Waals surface area (Å²) in [5, 5.41) is 9.65. The van der Waals surface area contributed by atoms with Crippen LogP contribution in [-0.4, -0.2) is 28.5 Å². The summed E-state index contributed by atoms with van der Waals surface area (Å²) in [7, 11) is 1.83. The minimum atomic E-state index is 0.657. The normalized spacial score (nSPS) is 14.1. The second-order valence-electron chi connectivity index (χ2n) is 4.21. The van der Waals surface area contributed by atoms with Gasteiger partial charge in [-0.1, -0.05) is 0 Å². The van der Waals surface area contributed by atoms with Crippen molar-refractivity contribution in [3.05, 3.63) is 29.6 Å². The van der Waals surface area contributed by atoms with Crippen LogP contribution in [0, 0.1) is 0 Å². The molecule has 0 unspecified atom stereocenters. The first-order valence-corrected chi connectivity index (χ1v) is 6.05. The lowest BCUT2D eigenvalue weighted by Gasteiger charge is -2.20. The van der Waals surface area contributed by atoms with Crippen molar-refractivity contribution in [2.24, 2.45) is 0 Å². The van der Waals surface area contributed by atoms with Crippen molar-refractivity contribution >= 4 is 17.6 Å². The molecule has 0 fully saturated rings. The summed E-state index contributed by atoms with van der Waals surface area (Å²) in [5.74, 6) is 2.45. The monoisotopic (exact) mass is 244 g/mol. The van der Waals surface area contributed by atoms with Crippen LogP contribution < -0.4 is 16.0 Å². The minimum Gasteiger partial charge on any atom is -0.357 e. The molecule has 0 spiro atoms. The van der Waals surface area contributed by atoms with Crippen LogP contribution in [0.2, 0.25) is 0 Å². The number of fused-ring (bicyclic) bond motifs is 1. The molecule has 4 N–H and O–H groups in total. The first-order chi connectivity index (χ1) is 8.86. The highest BCUT2D eigenvalue weighted by Crippen LogP contribution is 2.24. The van der Waals surface area contributed by atoms with Gasteiger partial charge in [-0.05, 0) is 12.1 Å². The third kappa shape index (κ3) is 2.02. The van der Waals surface area contributed by atoms with Crippen LogP contribution in [0.25, 0.3) is 0 Å². The van der Waals surface area contributed by atoms with Gasteiger partial charge in [0.2, 0.25) is 5.95 Å². The van der Waals surface area contributed by atoms with Crippen LogP contribution in [0.4, 0.5) is 17.6 Å². The molecule has 0 amide bonds. The van der Waals surface area contributed by atoms with Gasteiger partial charge in [0.05, 0.1) is 5.69 Å². The Morgan fingerprint density at radius 2 is 2.28 bits per heavy atom. The maximum absolute atomic E-state index is 4.51. The Labute approximate surface area is 105 Å². The Balaban J connectivity index is 2.00. The zero-order valence-electron chi connectivity index (χ0n) is 10.2. The van der Waals surface area contributed by atoms with Crippen molar-refractivity contribution < 1.29 is 0 Å². The van der Waals surface area contributed by atoms with Crippen molar-refractivity contribution in [1.82, 2.24) is 20.3 Å². The summed E-state index contributed by atoms with van der Waals surface area (Å²) in [6.45, 7) is 1.78. The Kier molecular flexibility index (Phi) is 2.85. The van der Waals surface area contributed by atoms with Crippen molar-refractivity contribution in [2.75, 3.05) is 24.2 Å². The lowest BCUT2D eigenvalue weighted by Crippen LogP contribution is -2.26. The lowest BCUT2D eigenvalue weighted by atomic mass is 10.1. The van der Waals surface area contributed by atoms with E-state index >= 15 is 0 Å². The van der Waals surface area contributed by atoms with Gasteiger partial charge < -0.3 is 20.9 Å². The number of hydrogen-bond acceptors (Lipinski definition) is 5. The molecule has 18 heavy (non-hydrogen) atoms. The van der Waals surface area contributed by atoms with Crippen LogP contribution >= 0.6 is 0 Å². The fraction of sp³-hybridized carbons (Fsp3) is 0.333. The van der Waals surface area contributed by atoms with Gasteiger partial charge in [0.15, 0.2) is 0 Å². The molecule has 0 atom stereocenters. The first kappa shape index (κ1) is 11.0. The largest absolute Gasteiger partial charge is 0.357 e. The summed E-state index contributed by atoms with van der Waals surface area (Å²) in [4.78, 5) is 12.1. The molecule has 1 aliphatic heterocycles. The smallest absolute Gasteiger partial charge is 0.224 e. The van der Waals surface area contributed by atoms with Crippen molar-refractivity contribution in [3.8, 4) is 0 Å². The number of aromatic nitrogens is 3. The standard InChI is InChI=1S/C12H16N6/c1-13-12-16-9-4-6-14-7-8(9)11(18-12)17-10-3-2-5-15-10/h2-3,5,14-15H,4,6-7H2,1H3,(H2,13,16,17,18). The molecule has 2 aromatic heterocycles. The van der Waals surface area contributed by atoms with E-state index in [1.807, 2.05) is 25.4 Å². The highest BCUT2D eigenvalue weighted by atomic mass is 15.2. The second kappa shape index (κ2) is 4.66. The van der Waals surface area contributed by atoms with E-state index in [1.165, 1.54) is 0 Å². The molecule has 0 saturated carbocycles. The van der Waals surface area contributed by atoms with Gasteiger partial charge in [0, 0.05) is 38.3 Å². The number of nitrogens with one attached hydrogen (secondary N) is 4. The highest BCUT2D eigenvalue weighted by Gasteiger charge is 2.17. The summed E-state index contributed by atoms with van der Waals surface area (Å²) >= 11 is 0. The zero-order chi connectivity index (χ0) is 12.4. The number of nitrogens with zero attached hydrogens (tertiary/aromatic N) is 2. The molecule has 3 heterocycles. The first-order valence-electron chi connectivity index (χ1n) is 6.05. The third-order valence-electron chi connectivity index (χ3n) is 3.01. The predicted octanol–water partition coefficient (Wildman–Crippen LogP) is 1.24. The third-order valence-corrected chi connectivity index (χ3v) is 3.01. The molecule has 1 aliphatic rings. The Morgan fingerprint density at radius 3 is 3.06 bits per heavy atom. The van der Waals surface area contributed by atoms with Crippen molar-refractivity contribution in [1.29, 1.82) is 0 Å². The molecule has 0 aliphatic carbocycles. The minimum absolute atomic E-state index is 0.657. The molecule has 6 heteroatoms. The molecular weight excluding hydrogens is 228 g/mol. The number of H-pyrrole nitrogens is 1. The highest BCUT2D eigenvalue weighted by molar-refractivity contribution is 5.59. The second-order valence-corrected chi connectivity index (χ2v) is 4.21. The predicted molar refractivity (Wildman–Crippen MR) is 71.1 cm³/mol. The SMILES string of the molecule is CNc1nc2c(c(Nc3ccc[nH]3)n1)CNCC2. The quantitative estimate of drug-likeness (QED) is 0.653. The van der Waals surface area contributed by atoms with Crippen LogP contribution in [-0.2, 0) is 13.0 Å². The van der Waals surface area contributed by atoms with Crippen molar-refractivity contribution in [3.63, 3.8) is 0 Å². The van der Waals surface area contributed by atoms with Gasteiger partial charge in [0.25, 0.3) is 0 Å². The van der Waals surface area contributed by atoms with Crippen LogP contribution in [0.1, 0.15) is 11.3 Å². The number of hydrogen-bond donors (Lipinski definition) is 4. The summed E-state index contributed by atoms with van der Waals surface area (Å²) in [6, 6.07) is 3.93.